The Morgan fingerprint density at radius 3 is 2.73 bits per heavy atom. The van der Waals surface area contributed by atoms with Gasteiger partial charge in [-0.15, -0.1) is 0 Å². The maximum Gasteiger partial charge on any atom is 1.00 e. The van der Waals surface area contributed by atoms with E-state index < -0.39 is 28.7 Å². The first-order chi connectivity index (χ1) is 6.46. The predicted molar refractivity (Wildman–Crippen MR) is 41.9 cm³/mol. The Kier molecular flexibility index (Phi) is 4.55. The van der Waals surface area contributed by atoms with Crippen molar-refractivity contribution in [1.82, 2.24) is 4.72 Å². The van der Waals surface area contributed by atoms with Gasteiger partial charge < -0.3 is 19.1 Å². The molecule has 0 aliphatic carbocycles. The van der Waals surface area contributed by atoms with E-state index >= 15 is 0 Å². The summed E-state index contributed by atoms with van der Waals surface area (Å²) < 4.78 is 43.3. The fourth-order valence-corrected chi connectivity index (χ4v) is 2.28. The third kappa shape index (κ3) is 3.35. The summed E-state index contributed by atoms with van der Waals surface area (Å²) in [5.74, 6) is 0. The molecule has 0 amide bonds. The van der Waals surface area contributed by atoms with Crippen LogP contribution in [0, 0.1) is 0 Å². The number of hydrogen-bond donors (Lipinski definition) is 2. The van der Waals surface area contributed by atoms with Crippen LogP contribution < -0.4 is 34.3 Å². The van der Waals surface area contributed by atoms with Gasteiger partial charge in [-0.25, -0.2) is 13.1 Å². The molecule has 7 nitrogen and oxygen atoms in total. The van der Waals surface area contributed by atoms with Crippen LogP contribution in [0.4, 0.5) is 0 Å². The molecule has 2 aliphatic heterocycles. The fourth-order valence-electron chi connectivity index (χ4n) is 1.68. The van der Waals surface area contributed by atoms with Crippen molar-refractivity contribution < 1.29 is 57.1 Å². The van der Waals surface area contributed by atoms with E-state index in [0.717, 1.165) is 0 Å². The van der Waals surface area contributed by atoms with Crippen molar-refractivity contribution in [3.05, 3.63) is 0 Å². The Bertz CT molecular complexity index is 322. The predicted octanol–water partition coefficient (Wildman–Crippen LogP) is -5.09. The number of nitrogens with one attached hydrogen (secondary N) is 1. The second-order valence-electron chi connectivity index (χ2n) is 3.36. The molecule has 2 N–H and O–H groups in total. The number of ether oxygens (including phenoxy) is 2. The Labute approximate surface area is 109 Å². The van der Waals surface area contributed by atoms with E-state index in [2.05, 4.69) is 0 Å². The number of rotatable bonds is 2. The monoisotopic (exact) mass is 247 g/mol. The first-order valence-corrected chi connectivity index (χ1v) is 5.55. The molecule has 0 saturated carbocycles. The Morgan fingerprint density at radius 1 is 1.47 bits per heavy atom. The van der Waals surface area contributed by atoms with Crippen molar-refractivity contribution in [3.8, 4) is 0 Å². The Morgan fingerprint density at radius 2 is 2.13 bits per heavy atom. The van der Waals surface area contributed by atoms with E-state index in [1.54, 1.807) is 4.72 Å². The molecular weight excluding hydrogens is 237 g/mol. The SMILES string of the molecule is O=S(=O)([O-])NC1[C@H]2OCC(C[C@@H]1O)O2.[Na+]. The number of aliphatic hydroxyl groups is 1. The van der Waals surface area contributed by atoms with Crippen molar-refractivity contribution in [2.45, 2.75) is 31.0 Å². The second kappa shape index (κ2) is 4.94. The second-order valence-corrected chi connectivity index (χ2v) is 4.50. The molecule has 9 heteroatoms. The zero-order chi connectivity index (χ0) is 10.3. The summed E-state index contributed by atoms with van der Waals surface area (Å²) in [5, 5.41) is 9.49. The van der Waals surface area contributed by atoms with E-state index in [-0.39, 0.29) is 42.1 Å². The number of aliphatic hydroxyl groups excluding tert-OH is 1. The third-order valence-electron chi connectivity index (χ3n) is 2.27. The van der Waals surface area contributed by atoms with Crippen molar-refractivity contribution in [3.63, 3.8) is 0 Å². The van der Waals surface area contributed by atoms with Gasteiger partial charge in [0.25, 0.3) is 0 Å². The fraction of sp³-hybridized carbons (Fsp3) is 1.00. The summed E-state index contributed by atoms with van der Waals surface area (Å²) in [5.41, 5.74) is 0. The molecule has 2 aliphatic rings. The summed E-state index contributed by atoms with van der Waals surface area (Å²) in [7, 11) is -4.60. The average molecular weight is 247 g/mol. The maximum absolute atomic E-state index is 10.4. The van der Waals surface area contributed by atoms with Gasteiger partial charge in [-0.3, -0.25) is 0 Å². The van der Waals surface area contributed by atoms with Crippen molar-refractivity contribution in [2.24, 2.45) is 0 Å². The van der Waals surface area contributed by atoms with Crippen LogP contribution in [0.15, 0.2) is 0 Å². The molecule has 2 saturated heterocycles. The number of hydrogen-bond acceptors (Lipinski definition) is 6. The standard InChI is InChI=1S/C6H11NO6S.Na/c8-4-1-3-2-12-6(13-3)5(4)7-14(9,10)11;/h3-8H,1-2H2,(H,9,10,11);/q;+1/p-1/t3?,4-,5?,6-;/m0./s1. The van der Waals surface area contributed by atoms with Gasteiger partial charge in [-0.1, -0.05) is 0 Å². The van der Waals surface area contributed by atoms with Crippen LogP contribution in [0.25, 0.3) is 0 Å². The van der Waals surface area contributed by atoms with Crippen LogP contribution in [0.1, 0.15) is 6.42 Å². The van der Waals surface area contributed by atoms with Crippen LogP contribution in [-0.4, -0.2) is 49.2 Å². The minimum atomic E-state index is -4.60. The zero-order valence-corrected chi connectivity index (χ0v) is 10.9. The molecule has 2 unspecified atom stereocenters. The van der Waals surface area contributed by atoms with Gasteiger partial charge in [-0.2, -0.15) is 0 Å². The summed E-state index contributed by atoms with van der Waals surface area (Å²) in [6, 6.07) is -1.00. The van der Waals surface area contributed by atoms with E-state index in [9.17, 15) is 18.1 Å². The van der Waals surface area contributed by atoms with E-state index in [4.69, 9.17) is 9.47 Å². The van der Waals surface area contributed by atoms with Crippen molar-refractivity contribution in [2.75, 3.05) is 6.61 Å². The van der Waals surface area contributed by atoms with Crippen LogP contribution in [0.3, 0.4) is 0 Å². The van der Waals surface area contributed by atoms with E-state index in [1.807, 2.05) is 0 Å². The molecule has 0 aromatic carbocycles. The third-order valence-corrected chi connectivity index (χ3v) is 2.83. The van der Waals surface area contributed by atoms with Gasteiger partial charge >= 0.3 is 29.6 Å². The van der Waals surface area contributed by atoms with E-state index in [0.29, 0.717) is 6.61 Å². The summed E-state index contributed by atoms with van der Waals surface area (Å²) in [6.45, 7) is 0.318. The topological polar surface area (TPSA) is 108 Å². The smallest absolute Gasteiger partial charge is 0.735 e. The van der Waals surface area contributed by atoms with Gasteiger partial charge in [0.2, 0.25) is 0 Å². The molecule has 0 aromatic rings. The van der Waals surface area contributed by atoms with Gasteiger partial charge in [0.05, 0.1) is 24.9 Å². The molecule has 2 heterocycles. The van der Waals surface area contributed by atoms with Crippen molar-refractivity contribution >= 4 is 10.3 Å². The molecule has 0 aromatic heterocycles. The Hall–Kier alpha value is 0.750. The molecule has 82 valence electrons. The summed E-state index contributed by atoms with van der Waals surface area (Å²) in [4.78, 5) is 0. The first-order valence-electron chi connectivity index (χ1n) is 4.14. The van der Waals surface area contributed by atoms with Crippen LogP contribution in [0.2, 0.25) is 0 Å². The Balaban J connectivity index is 0.00000112. The molecule has 4 atom stereocenters. The van der Waals surface area contributed by atoms with Gasteiger partial charge in [0.15, 0.2) is 16.6 Å². The summed E-state index contributed by atoms with van der Waals surface area (Å²) >= 11 is 0. The normalized spacial score (nSPS) is 39.9. The van der Waals surface area contributed by atoms with Crippen LogP contribution in [0.5, 0.6) is 0 Å². The number of fused-ring (bicyclic) bond motifs is 2. The van der Waals surface area contributed by atoms with Gasteiger partial charge in [-0.05, 0) is 0 Å². The molecule has 2 fully saturated rings. The van der Waals surface area contributed by atoms with Crippen LogP contribution in [-0.2, 0) is 19.8 Å². The van der Waals surface area contributed by atoms with Crippen molar-refractivity contribution in [1.29, 1.82) is 0 Å². The zero-order valence-electron chi connectivity index (χ0n) is 8.12. The molecule has 0 spiro atoms. The quantitative estimate of drug-likeness (QED) is 0.373. The molecular formula is C6H10NNaO6S. The largest absolute Gasteiger partial charge is 1.00 e. The maximum atomic E-state index is 10.4. The minimum absolute atomic E-state index is 0. The molecule has 15 heavy (non-hydrogen) atoms. The minimum Gasteiger partial charge on any atom is -0.735 e. The molecule has 2 bridgehead atoms. The average Bonchev–Trinajstić information content (AvgIpc) is 2.41. The van der Waals surface area contributed by atoms with Crippen LogP contribution >= 0.6 is 0 Å². The van der Waals surface area contributed by atoms with Gasteiger partial charge in [0.1, 0.15) is 0 Å². The molecule has 0 radical (unpaired) electrons. The van der Waals surface area contributed by atoms with Gasteiger partial charge in [0, 0.05) is 6.42 Å². The van der Waals surface area contributed by atoms with E-state index in [1.165, 1.54) is 0 Å². The molecule has 2 rings (SSSR count). The summed E-state index contributed by atoms with van der Waals surface area (Å²) in [6.07, 6.45) is -1.73. The first kappa shape index (κ1) is 13.8.